The van der Waals surface area contributed by atoms with Gasteiger partial charge in [0, 0.05) is 24.4 Å². The number of carboxylic acids is 1. The van der Waals surface area contributed by atoms with Crippen LogP contribution in [-0.2, 0) is 9.59 Å². The summed E-state index contributed by atoms with van der Waals surface area (Å²) >= 11 is 1.48. The van der Waals surface area contributed by atoms with E-state index in [1.807, 2.05) is 12.3 Å². The van der Waals surface area contributed by atoms with Gasteiger partial charge in [0.25, 0.3) is 0 Å². The Morgan fingerprint density at radius 1 is 1.47 bits per heavy atom. The number of carboxylic acid groups (broad SMARTS) is 1. The molecule has 0 radical (unpaired) electrons. The Kier molecular flexibility index (Phi) is 5.09. The van der Waals surface area contributed by atoms with Crippen molar-refractivity contribution in [1.82, 2.24) is 10.3 Å². The van der Waals surface area contributed by atoms with Crippen molar-refractivity contribution in [1.29, 1.82) is 0 Å². The van der Waals surface area contributed by atoms with E-state index in [4.69, 9.17) is 5.11 Å². The second-order valence-electron chi connectivity index (χ2n) is 4.07. The van der Waals surface area contributed by atoms with Gasteiger partial charge in [0.1, 0.15) is 5.01 Å². The minimum atomic E-state index is -0.877. The normalized spacial score (nSPS) is 14.0. The molecule has 0 aromatic carbocycles. The van der Waals surface area contributed by atoms with Crippen LogP contribution in [0, 0.1) is 5.92 Å². The number of carbonyl (C=O) groups is 2. The predicted octanol–water partition coefficient (Wildman–Crippen LogP) is 1.82. The maximum Gasteiger partial charge on any atom is 0.303 e. The summed E-state index contributed by atoms with van der Waals surface area (Å²) in [5.74, 6) is -1.17. The van der Waals surface area contributed by atoms with Gasteiger partial charge < -0.3 is 10.4 Å². The topological polar surface area (TPSA) is 79.3 Å². The number of nitrogens with zero attached hydrogens (tertiary/aromatic N) is 1. The molecule has 6 heteroatoms. The summed E-state index contributed by atoms with van der Waals surface area (Å²) in [6, 6.07) is -0.125. The largest absolute Gasteiger partial charge is 0.481 e. The van der Waals surface area contributed by atoms with Gasteiger partial charge in [0.05, 0.1) is 6.04 Å². The van der Waals surface area contributed by atoms with E-state index in [-0.39, 0.29) is 30.7 Å². The standard InChI is InChI=1S/C11H16N2O3S/c1-7(6-10(15)16)5-9(14)13-8(2)11-12-3-4-17-11/h3-4,7-8H,5-6H2,1-2H3,(H,13,14)(H,15,16). The average Bonchev–Trinajstić information content (AvgIpc) is 2.67. The molecule has 94 valence electrons. The number of nitrogens with one attached hydrogen (secondary N) is 1. The first-order chi connectivity index (χ1) is 7.99. The fraction of sp³-hybridized carbons (Fsp3) is 0.545. The van der Waals surface area contributed by atoms with Crippen molar-refractivity contribution in [3.8, 4) is 0 Å². The number of hydrogen-bond donors (Lipinski definition) is 2. The van der Waals surface area contributed by atoms with Crippen LogP contribution in [0.2, 0.25) is 0 Å². The number of carbonyl (C=O) groups excluding carboxylic acids is 1. The van der Waals surface area contributed by atoms with Crippen LogP contribution >= 0.6 is 11.3 Å². The summed E-state index contributed by atoms with van der Waals surface area (Å²) in [6.45, 7) is 3.61. The Bertz CT molecular complexity index is 378. The maximum absolute atomic E-state index is 11.6. The number of aliphatic carboxylic acids is 1. The van der Waals surface area contributed by atoms with Crippen molar-refractivity contribution in [2.24, 2.45) is 5.92 Å². The summed E-state index contributed by atoms with van der Waals surface area (Å²) in [7, 11) is 0. The van der Waals surface area contributed by atoms with Gasteiger partial charge in [0.15, 0.2) is 0 Å². The molecule has 0 spiro atoms. The van der Waals surface area contributed by atoms with Crippen LogP contribution in [0.4, 0.5) is 0 Å². The van der Waals surface area contributed by atoms with E-state index in [1.165, 1.54) is 11.3 Å². The van der Waals surface area contributed by atoms with Gasteiger partial charge in [0.2, 0.25) is 5.91 Å². The summed E-state index contributed by atoms with van der Waals surface area (Å²) < 4.78 is 0. The third-order valence-electron chi connectivity index (χ3n) is 2.26. The van der Waals surface area contributed by atoms with E-state index in [2.05, 4.69) is 10.3 Å². The second-order valence-corrected chi connectivity index (χ2v) is 4.99. The van der Waals surface area contributed by atoms with Gasteiger partial charge in [-0.1, -0.05) is 6.92 Å². The molecule has 0 bridgehead atoms. The third kappa shape index (κ3) is 4.95. The highest BCUT2D eigenvalue weighted by molar-refractivity contribution is 7.09. The van der Waals surface area contributed by atoms with Crippen LogP contribution in [0.15, 0.2) is 11.6 Å². The smallest absolute Gasteiger partial charge is 0.303 e. The van der Waals surface area contributed by atoms with Gasteiger partial charge >= 0.3 is 5.97 Å². The SMILES string of the molecule is CC(CC(=O)O)CC(=O)NC(C)c1nccs1. The first-order valence-electron chi connectivity index (χ1n) is 5.39. The van der Waals surface area contributed by atoms with Gasteiger partial charge in [-0.25, -0.2) is 4.98 Å². The van der Waals surface area contributed by atoms with E-state index < -0.39 is 5.97 Å². The molecule has 0 saturated carbocycles. The van der Waals surface area contributed by atoms with E-state index in [0.717, 1.165) is 5.01 Å². The summed E-state index contributed by atoms with van der Waals surface area (Å²) in [4.78, 5) is 26.2. The molecule has 0 fully saturated rings. The zero-order valence-corrected chi connectivity index (χ0v) is 10.7. The number of hydrogen-bond acceptors (Lipinski definition) is 4. The summed E-state index contributed by atoms with van der Waals surface area (Å²) in [5.41, 5.74) is 0. The second kappa shape index (κ2) is 6.34. The van der Waals surface area contributed by atoms with Crippen molar-refractivity contribution < 1.29 is 14.7 Å². The van der Waals surface area contributed by atoms with E-state index in [9.17, 15) is 9.59 Å². The minimum absolute atomic E-state index is 0.0129. The molecule has 1 rings (SSSR count). The number of aromatic nitrogens is 1. The predicted molar refractivity (Wildman–Crippen MR) is 64.7 cm³/mol. The molecule has 2 atom stereocenters. The van der Waals surface area contributed by atoms with Crippen molar-refractivity contribution in [2.45, 2.75) is 32.7 Å². The summed E-state index contributed by atoms with van der Waals surface area (Å²) in [5, 5.41) is 14.1. The number of rotatable bonds is 6. The van der Waals surface area contributed by atoms with Crippen LogP contribution in [0.5, 0.6) is 0 Å². The lowest BCUT2D eigenvalue weighted by atomic mass is 10.0. The Morgan fingerprint density at radius 3 is 2.71 bits per heavy atom. The van der Waals surface area contributed by atoms with Gasteiger partial charge in [-0.2, -0.15) is 0 Å². The van der Waals surface area contributed by atoms with Crippen molar-refractivity contribution in [2.75, 3.05) is 0 Å². The Hall–Kier alpha value is -1.43. The molecule has 5 nitrogen and oxygen atoms in total. The average molecular weight is 256 g/mol. The molecule has 1 heterocycles. The minimum Gasteiger partial charge on any atom is -0.481 e. The molecule has 17 heavy (non-hydrogen) atoms. The lowest BCUT2D eigenvalue weighted by molar-refractivity contribution is -0.138. The molecule has 2 unspecified atom stereocenters. The van der Waals surface area contributed by atoms with E-state index in [1.54, 1.807) is 13.1 Å². The molecule has 1 aromatic heterocycles. The van der Waals surface area contributed by atoms with Crippen LogP contribution in [0.25, 0.3) is 0 Å². The molecule has 0 aliphatic rings. The molecule has 0 saturated heterocycles. The highest BCUT2D eigenvalue weighted by atomic mass is 32.1. The van der Waals surface area contributed by atoms with Crippen LogP contribution in [0.3, 0.4) is 0 Å². The Morgan fingerprint density at radius 2 is 2.18 bits per heavy atom. The molecule has 1 amide bonds. The van der Waals surface area contributed by atoms with Gasteiger partial charge in [-0.15, -0.1) is 11.3 Å². The molecule has 0 aliphatic heterocycles. The number of thiazole rings is 1. The molecule has 2 N–H and O–H groups in total. The zero-order valence-electron chi connectivity index (χ0n) is 9.84. The van der Waals surface area contributed by atoms with Crippen LogP contribution < -0.4 is 5.32 Å². The summed E-state index contributed by atoms with van der Waals surface area (Å²) in [6.07, 6.45) is 1.93. The number of amides is 1. The first kappa shape index (κ1) is 13.6. The fourth-order valence-corrected chi connectivity index (χ4v) is 2.14. The molecular formula is C11H16N2O3S. The van der Waals surface area contributed by atoms with Crippen LogP contribution in [0.1, 0.15) is 37.7 Å². The van der Waals surface area contributed by atoms with Gasteiger partial charge in [-0.3, -0.25) is 9.59 Å². The van der Waals surface area contributed by atoms with Crippen molar-refractivity contribution in [3.05, 3.63) is 16.6 Å². The maximum atomic E-state index is 11.6. The quantitative estimate of drug-likeness (QED) is 0.813. The zero-order chi connectivity index (χ0) is 12.8. The molecular weight excluding hydrogens is 240 g/mol. The third-order valence-corrected chi connectivity index (χ3v) is 3.21. The van der Waals surface area contributed by atoms with E-state index >= 15 is 0 Å². The van der Waals surface area contributed by atoms with Crippen LogP contribution in [-0.4, -0.2) is 22.0 Å². The van der Waals surface area contributed by atoms with Crippen molar-refractivity contribution in [3.63, 3.8) is 0 Å². The first-order valence-corrected chi connectivity index (χ1v) is 6.27. The highest BCUT2D eigenvalue weighted by Crippen LogP contribution is 2.15. The van der Waals surface area contributed by atoms with Gasteiger partial charge in [-0.05, 0) is 12.8 Å². The fourth-order valence-electron chi connectivity index (χ4n) is 1.50. The lowest BCUT2D eigenvalue weighted by Crippen LogP contribution is -2.28. The highest BCUT2D eigenvalue weighted by Gasteiger charge is 2.15. The van der Waals surface area contributed by atoms with Crippen molar-refractivity contribution >= 4 is 23.2 Å². The molecule has 0 aliphatic carbocycles. The monoisotopic (exact) mass is 256 g/mol. The Balaban J connectivity index is 2.37. The lowest BCUT2D eigenvalue weighted by Gasteiger charge is -2.13. The molecule has 1 aromatic rings. The van der Waals surface area contributed by atoms with E-state index in [0.29, 0.717) is 0 Å². The Labute approximate surface area is 104 Å².